The van der Waals surface area contributed by atoms with E-state index in [0.29, 0.717) is 11.5 Å². The van der Waals surface area contributed by atoms with Gasteiger partial charge < -0.3 is 15.7 Å². The van der Waals surface area contributed by atoms with Crippen LogP contribution in [0.3, 0.4) is 0 Å². The molecule has 1 amide bonds. The molecule has 1 aromatic heterocycles. The number of amides is 1. The van der Waals surface area contributed by atoms with E-state index in [0.717, 1.165) is 5.69 Å². The quantitative estimate of drug-likeness (QED) is 0.654. The lowest BCUT2D eigenvalue weighted by atomic mass is 10.1. The third-order valence-corrected chi connectivity index (χ3v) is 3.76. The third kappa shape index (κ3) is 4.13. The van der Waals surface area contributed by atoms with E-state index in [1.54, 1.807) is 13.0 Å². The van der Waals surface area contributed by atoms with Crippen LogP contribution in [-0.2, 0) is 0 Å². The average Bonchev–Trinajstić information content (AvgIpc) is 2.65. The number of hydrogen-bond donors (Lipinski definition) is 3. The van der Waals surface area contributed by atoms with E-state index in [2.05, 4.69) is 20.6 Å². The van der Waals surface area contributed by atoms with Gasteiger partial charge in [-0.3, -0.25) is 4.79 Å². The first-order valence-electron chi connectivity index (χ1n) is 7.96. The van der Waals surface area contributed by atoms with Crippen LogP contribution in [0.15, 0.2) is 60.9 Å². The van der Waals surface area contributed by atoms with Gasteiger partial charge in [-0.25, -0.2) is 14.4 Å². The van der Waals surface area contributed by atoms with Crippen LogP contribution in [-0.4, -0.2) is 21.0 Å². The molecule has 0 unspecified atom stereocenters. The Bertz CT molecular complexity index is 901. The molecule has 0 aliphatic rings. The molecule has 0 saturated carbocycles. The van der Waals surface area contributed by atoms with Gasteiger partial charge in [0.25, 0.3) is 5.91 Å². The van der Waals surface area contributed by atoms with Crippen molar-refractivity contribution in [3.8, 4) is 5.75 Å². The number of hydrogen-bond acceptors (Lipinski definition) is 5. The Kier molecular flexibility index (Phi) is 5.07. The highest BCUT2D eigenvalue weighted by Gasteiger charge is 2.14. The van der Waals surface area contributed by atoms with E-state index in [9.17, 15) is 14.3 Å². The normalized spacial score (nSPS) is 11.6. The van der Waals surface area contributed by atoms with E-state index in [1.165, 1.54) is 24.5 Å². The highest BCUT2D eigenvalue weighted by Crippen LogP contribution is 2.21. The van der Waals surface area contributed by atoms with E-state index in [1.807, 2.05) is 30.3 Å². The number of halogens is 1. The Hall–Kier alpha value is -3.48. The molecule has 26 heavy (non-hydrogen) atoms. The minimum atomic E-state index is -0.733. The van der Waals surface area contributed by atoms with E-state index < -0.39 is 17.6 Å². The predicted molar refractivity (Wildman–Crippen MR) is 95.7 cm³/mol. The lowest BCUT2D eigenvalue weighted by Crippen LogP contribution is -2.27. The second kappa shape index (κ2) is 7.60. The van der Waals surface area contributed by atoms with Gasteiger partial charge in [-0.1, -0.05) is 24.3 Å². The third-order valence-electron chi connectivity index (χ3n) is 3.76. The average molecular weight is 352 g/mol. The van der Waals surface area contributed by atoms with Crippen LogP contribution in [0, 0.1) is 5.82 Å². The summed E-state index contributed by atoms with van der Waals surface area (Å²) in [7, 11) is 0. The number of rotatable bonds is 5. The summed E-state index contributed by atoms with van der Waals surface area (Å²) in [5.74, 6) is -1.16. The lowest BCUT2D eigenvalue weighted by molar-refractivity contribution is 0.0939. The smallest absolute Gasteiger partial charge is 0.254 e. The molecule has 3 rings (SSSR count). The largest absolute Gasteiger partial charge is 0.505 e. The predicted octanol–water partition coefficient (Wildman–Crippen LogP) is 3.56. The maximum absolute atomic E-state index is 13.4. The zero-order valence-corrected chi connectivity index (χ0v) is 14.0. The van der Waals surface area contributed by atoms with E-state index in [4.69, 9.17) is 0 Å². The molecule has 0 aliphatic heterocycles. The molecule has 0 aliphatic carbocycles. The van der Waals surface area contributed by atoms with Gasteiger partial charge in [0.15, 0.2) is 11.6 Å². The van der Waals surface area contributed by atoms with Crippen molar-refractivity contribution in [2.24, 2.45) is 0 Å². The molecule has 2 aromatic carbocycles. The molecule has 7 heteroatoms. The standard InChI is InChI=1S/C19H17FN4O2/c1-12(13-7-8-17(25)16(20)9-13)23-18(26)14-10-21-19(22-11-14)24-15-5-3-2-4-6-15/h2-12,25H,1H3,(H,23,26)(H,21,22,24)/t12-/m0/s1. The number of carbonyl (C=O) groups is 1. The van der Waals surface area contributed by atoms with Crippen molar-refractivity contribution in [3.05, 3.63) is 77.9 Å². The molecule has 1 heterocycles. The minimum Gasteiger partial charge on any atom is -0.505 e. The van der Waals surface area contributed by atoms with Gasteiger partial charge in [-0.2, -0.15) is 0 Å². The second-order valence-corrected chi connectivity index (χ2v) is 5.69. The molecule has 0 radical (unpaired) electrons. The maximum Gasteiger partial charge on any atom is 0.254 e. The van der Waals surface area contributed by atoms with Crippen LogP contribution in [0.1, 0.15) is 28.9 Å². The van der Waals surface area contributed by atoms with Gasteiger partial charge in [0, 0.05) is 18.1 Å². The number of phenols is 1. The molecule has 0 spiro atoms. The van der Waals surface area contributed by atoms with Gasteiger partial charge in [-0.15, -0.1) is 0 Å². The molecule has 132 valence electrons. The first kappa shape index (κ1) is 17.3. The molecule has 1 atom stereocenters. The van der Waals surface area contributed by atoms with Gasteiger partial charge >= 0.3 is 0 Å². The van der Waals surface area contributed by atoms with Gasteiger partial charge in [0.1, 0.15) is 0 Å². The molecular weight excluding hydrogens is 335 g/mol. The van der Waals surface area contributed by atoms with Crippen LogP contribution in [0.4, 0.5) is 16.0 Å². The topological polar surface area (TPSA) is 87.1 Å². The first-order chi connectivity index (χ1) is 12.5. The lowest BCUT2D eigenvalue weighted by Gasteiger charge is -2.14. The first-order valence-corrected chi connectivity index (χ1v) is 7.96. The number of anilines is 2. The summed E-state index contributed by atoms with van der Waals surface area (Å²) in [5, 5.41) is 15.0. The Morgan fingerprint density at radius 3 is 2.46 bits per heavy atom. The number of benzene rings is 2. The Labute approximate surface area is 149 Å². The number of aromatic nitrogens is 2. The molecule has 0 fully saturated rings. The van der Waals surface area contributed by atoms with E-state index in [-0.39, 0.29) is 11.5 Å². The fraction of sp³-hybridized carbons (Fsp3) is 0.105. The van der Waals surface area contributed by atoms with Crippen LogP contribution >= 0.6 is 0 Å². The van der Waals surface area contributed by atoms with Crippen molar-refractivity contribution in [2.45, 2.75) is 13.0 Å². The highest BCUT2D eigenvalue weighted by molar-refractivity contribution is 5.93. The number of para-hydroxylation sites is 1. The molecule has 0 saturated heterocycles. The summed E-state index contributed by atoms with van der Waals surface area (Å²) < 4.78 is 13.4. The zero-order valence-electron chi connectivity index (χ0n) is 14.0. The number of nitrogens with one attached hydrogen (secondary N) is 2. The van der Waals surface area contributed by atoms with Crippen molar-refractivity contribution in [2.75, 3.05) is 5.32 Å². The molecular formula is C19H17FN4O2. The Morgan fingerprint density at radius 2 is 1.81 bits per heavy atom. The monoisotopic (exact) mass is 352 g/mol. The van der Waals surface area contributed by atoms with Crippen LogP contribution in [0.5, 0.6) is 5.75 Å². The fourth-order valence-corrected chi connectivity index (χ4v) is 2.32. The number of aromatic hydroxyl groups is 1. The van der Waals surface area contributed by atoms with Crippen molar-refractivity contribution < 1.29 is 14.3 Å². The second-order valence-electron chi connectivity index (χ2n) is 5.69. The summed E-state index contributed by atoms with van der Waals surface area (Å²) in [6.07, 6.45) is 2.83. The SMILES string of the molecule is C[C@H](NC(=O)c1cnc(Nc2ccccc2)nc1)c1ccc(O)c(F)c1. The number of carbonyl (C=O) groups excluding carboxylic acids is 1. The Morgan fingerprint density at radius 1 is 1.12 bits per heavy atom. The summed E-state index contributed by atoms with van der Waals surface area (Å²) >= 11 is 0. The summed E-state index contributed by atoms with van der Waals surface area (Å²) in [5.41, 5.74) is 1.67. The summed E-state index contributed by atoms with van der Waals surface area (Å²) in [6.45, 7) is 1.72. The van der Waals surface area contributed by atoms with Crippen molar-refractivity contribution in [1.29, 1.82) is 0 Å². The fourth-order valence-electron chi connectivity index (χ4n) is 2.32. The van der Waals surface area contributed by atoms with Crippen molar-refractivity contribution >= 4 is 17.5 Å². The van der Waals surface area contributed by atoms with Gasteiger partial charge in [0.2, 0.25) is 5.95 Å². The maximum atomic E-state index is 13.4. The molecule has 3 N–H and O–H groups in total. The Balaban J connectivity index is 1.65. The molecule has 6 nitrogen and oxygen atoms in total. The zero-order chi connectivity index (χ0) is 18.5. The summed E-state index contributed by atoms with van der Waals surface area (Å²) in [4.78, 5) is 20.5. The van der Waals surface area contributed by atoms with Crippen LogP contribution in [0.25, 0.3) is 0 Å². The minimum absolute atomic E-state index is 0.287. The van der Waals surface area contributed by atoms with Gasteiger partial charge in [-0.05, 0) is 36.8 Å². The highest BCUT2D eigenvalue weighted by atomic mass is 19.1. The van der Waals surface area contributed by atoms with E-state index >= 15 is 0 Å². The van der Waals surface area contributed by atoms with Crippen molar-refractivity contribution in [3.63, 3.8) is 0 Å². The van der Waals surface area contributed by atoms with Crippen LogP contribution in [0.2, 0.25) is 0 Å². The molecule has 3 aromatic rings. The summed E-state index contributed by atoms with van der Waals surface area (Å²) in [6, 6.07) is 13.0. The number of nitrogens with zero attached hydrogens (tertiary/aromatic N) is 2. The van der Waals surface area contributed by atoms with Gasteiger partial charge in [0.05, 0.1) is 11.6 Å². The van der Waals surface area contributed by atoms with Crippen molar-refractivity contribution in [1.82, 2.24) is 15.3 Å². The number of phenolic OH excluding ortho intramolecular Hbond substituents is 1. The molecule has 0 bridgehead atoms. The van der Waals surface area contributed by atoms with Crippen LogP contribution < -0.4 is 10.6 Å².